The summed E-state index contributed by atoms with van der Waals surface area (Å²) in [5.74, 6) is -0.645. The van der Waals surface area contributed by atoms with Gasteiger partial charge in [0.2, 0.25) is 0 Å². The zero-order valence-electron chi connectivity index (χ0n) is 19.0. The first-order valence-electron chi connectivity index (χ1n) is 11.5. The van der Waals surface area contributed by atoms with Crippen molar-refractivity contribution in [2.75, 3.05) is 44.3 Å². The number of likely N-dealkylation sites (tertiary alicyclic amines) is 1. The summed E-state index contributed by atoms with van der Waals surface area (Å²) in [5.41, 5.74) is 6.52. The summed E-state index contributed by atoms with van der Waals surface area (Å²) in [6.45, 7) is 3.00. The lowest BCUT2D eigenvalue weighted by atomic mass is 10.1. The van der Waals surface area contributed by atoms with Gasteiger partial charge in [-0.25, -0.2) is 13.8 Å². The Bertz CT molecular complexity index is 1430. The molecule has 2 aliphatic rings. The Morgan fingerprint density at radius 1 is 1.23 bits per heavy atom. The van der Waals surface area contributed by atoms with Crippen LogP contribution in [0.4, 0.5) is 19.7 Å². The minimum absolute atomic E-state index is 0.0178. The fourth-order valence-corrected chi connectivity index (χ4v) is 5.29. The lowest BCUT2D eigenvalue weighted by Crippen LogP contribution is -2.51. The number of likely N-dealkylation sites (N-methyl/N-ethyl adjacent to an activating group) is 1. The van der Waals surface area contributed by atoms with Gasteiger partial charge in [0.05, 0.1) is 21.6 Å². The number of nitrogens with two attached hydrogens (primary N) is 1. The quantitative estimate of drug-likeness (QED) is 0.369. The molecule has 6 rings (SSSR count). The van der Waals surface area contributed by atoms with Crippen molar-refractivity contribution in [2.45, 2.75) is 24.9 Å². The summed E-state index contributed by atoms with van der Waals surface area (Å²) in [7, 11) is 2.06. The molecule has 1 atom stereocenters. The Balaban J connectivity index is 1.45. The van der Waals surface area contributed by atoms with Crippen molar-refractivity contribution < 1.29 is 13.5 Å². The first-order valence-corrected chi connectivity index (χ1v) is 12.3. The van der Waals surface area contributed by atoms with Crippen LogP contribution in [0.15, 0.2) is 18.3 Å². The molecule has 12 heteroatoms. The highest BCUT2D eigenvalue weighted by Gasteiger charge is 2.25. The summed E-state index contributed by atoms with van der Waals surface area (Å²) >= 11 is 1.01. The molecule has 5 heterocycles. The highest BCUT2D eigenvalue weighted by molar-refractivity contribution is 7.22. The first kappa shape index (κ1) is 22.3. The van der Waals surface area contributed by atoms with Crippen LogP contribution in [0, 0.1) is 11.6 Å². The molecule has 2 saturated heterocycles. The molecule has 0 saturated carbocycles. The van der Waals surface area contributed by atoms with Gasteiger partial charge >= 0.3 is 6.01 Å². The van der Waals surface area contributed by atoms with Crippen molar-refractivity contribution in [1.82, 2.24) is 30.2 Å². The van der Waals surface area contributed by atoms with Gasteiger partial charge in [-0.2, -0.15) is 9.97 Å². The van der Waals surface area contributed by atoms with Gasteiger partial charge in [0.25, 0.3) is 0 Å². The SMILES string of the molecule is CN1CCC[C@H]1COc1nc(NC2CNC2)c2cnc(-c3ccc(F)c4sc(N)nc34)c(F)c2n1. The average molecular weight is 499 g/mol. The fourth-order valence-electron chi connectivity index (χ4n) is 4.53. The third-order valence-electron chi connectivity index (χ3n) is 6.63. The van der Waals surface area contributed by atoms with E-state index in [2.05, 4.69) is 42.5 Å². The van der Waals surface area contributed by atoms with Gasteiger partial charge in [0.1, 0.15) is 29.5 Å². The summed E-state index contributed by atoms with van der Waals surface area (Å²) < 4.78 is 36.5. The smallest absolute Gasteiger partial charge is 0.319 e. The number of halogens is 2. The molecule has 0 aliphatic carbocycles. The second-order valence-electron chi connectivity index (χ2n) is 8.95. The molecule has 0 spiro atoms. The number of benzene rings is 1. The van der Waals surface area contributed by atoms with Crippen molar-refractivity contribution in [3.63, 3.8) is 0 Å². The van der Waals surface area contributed by atoms with Crippen molar-refractivity contribution in [3.8, 4) is 17.3 Å². The van der Waals surface area contributed by atoms with Gasteiger partial charge in [0, 0.05) is 30.9 Å². The largest absolute Gasteiger partial charge is 0.462 e. The molecule has 0 radical (unpaired) electrons. The Hall–Kier alpha value is -3.22. The van der Waals surface area contributed by atoms with E-state index in [9.17, 15) is 4.39 Å². The van der Waals surface area contributed by atoms with Gasteiger partial charge in [-0.3, -0.25) is 4.98 Å². The Kier molecular flexibility index (Phi) is 5.58. The summed E-state index contributed by atoms with van der Waals surface area (Å²) in [6, 6.07) is 3.26. The summed E-state index contributed by atoms with van der Waals surface area (Å²) in [6.07, 6.45) is 3.67. The Morgan fingerprint density at radius 3 is 2.83 bits per heavy atom. The van der Waals surface area contributed by atoms with Crippen LogP contribution in [0.1, 0.15) is 12.8 Å². The second-order valence-corrected chi connectivity index (χ2v) is 9.98. The van der Waals surface area contributed by atoms with E-state index >= 15 is 4.39 Å². The molecule has 2 fully saturated rings. The zero-order chi connectivity index (χ0) is 24.1. The van der Waals surface area contributed by atoms with Gasteiger partial charge in [0.15, 0.2) is 10.9 Å². The highest BCUT2D eigenvalue weighted by Crippen LogP contribution is 2.37. The predicted octanol–water partition coefficient (Wildman–Crippen LogP) is 3.02. The number of nitrogen functional groups attached to an aromatic ring is 1. The van der Waals surface area contributed by atoms with Gasteiger partial charge in [-0.15, -0.1) is 0 Å². The van der Waals surface area contributed by atoms with E-state index in [0.29, 0.717) is 23.4 Å². The van der Waals surface area contributed by atoms with Crippen molar-refractivity contribution in [3.05, 3.63) is 30.0 Å². The third-order valence-corrected chi connectivity index (χ3v) is 7.52. The van der Waals surface area contributed by atoms with Crippen LogP contribution in [0.2, 0.25) is 0 Å². The van der Waals surface area contributed by atoms with Gasteiger partial charge in [-0.1, -0.05) is 11.3 Å². The van der Waals surface area contributed by atoms with Crippen molar-refractivity contribution >= 4 is 43.4 Å². The van der Waals surface area contributed by atoms with Crippen LogP contribution in [0.5, 0.6) is 6.01 Å². The molecule has 3 aromatic heterocycles. The van der Waals surface area contributed by atoms with Crippen LogP contribution in [0.25, 0.3) is 32.4 Å². The number of hydrogen-bond acceptors (Lipinski definition) is 10. The maximum absolute atomic E-state index is 16.0. The van der Waals surface area contributed by atoms with Gasteiger partial charge < -0.3 is 26.0 Å². The minimum Gasteiger partial charge on any atom is -0.462 e. The maximum Gasteiger partial charge on any atom is 0.319 e. The topological polar surface area (TPSA) is 114 Å². The number of ether oxygens (including phenoxy) is 1. The number of thiazole rings is 1. The molecular formula is C23H24F2N8OS. The summed E-state index contributed by atoms with van der Waals surface area (Å²) in [5, 5.41) is 7.18. The van der Waals surface area contributed by atoms with E-state index in [1.165, 1.54) is 18.3 Å². The van der Waals surface area contributed by atoms with Crippen LogP contribution in [-0.4, -0.2) is 70.2 Å². The van der Waals surface area contributed by atoms with Crippen LogP contribution in [0.3, 0.4) is 0 Å². The molecule has 0 bridgehead atoms. The zero-order valence-corrected chi connectivity index (χ0v) is 19.8. The van der Waals surface area contributed by atoms with E-state index in [0.717, 1.165) is 43.8 Å². The van der Waals surface area contributed by atoms with Gasteiger partial charge in [-0.05, 0) is 38.6 Å². The maximum atomic E-state index is 16.0. The molecule has 4 N–H and O–H groups in total. The molecule has 1 aromatic carbocycles. The van der Waals surface area contributed by atoms with Crippen LogP contribution >= 0.6 is 11.3 Å². The number of hydrogen-bond donors (Lipinski definition) is 3. The lowest BCUT2D eigenvalue weighted by Gasteiger charge is -2.29. The number of nitrogens with one attached hydrogen (secondary N) is 2. The molecule has 0 amide bonds. The number of anilines is 2. The number of fused-ring (bicyclic) bond motifs is 2. The van der Waals surface area contributed by atoms with E-state index in [-0.39, 0.29) is 44.7 Å². The van der Waals surface area contributed by atoms with E-state index in [4.69, 9.17) is 10.5 Å². The normalized spacial score (nSPS) is 18.9. The highest BCUT2D eigenvalue weighted by atomic mass is 32.1. The van der Waals surface area contributed by atoms with Crippen molar-refractivity contribution in [2.24, 2.45) is 0 Å². The number of aromatic nitrogens is 4. The van der Waals surface area contributed by atoms with Crippen LogP contribution < -0.4 is 21.1 Å². The molecule has 9 nitrogen and oxygen atoms in total. The first-order chi connectivity index (χ1) is 17.0. The lowest BCUT2D eigenvalue weighted by molar-refractivity contribution is 0.188. The van der Waals surface area contributed by atoms with Crippen molar-refractivity contribution in [1.29, 1.82) is 0 Å². The molecule has 4 aromatic rings. The monoisotopic (exact) mass is 498 g/mol. The Labute approximate surface area is 203 Å². The fraction of sp³-hybridized carbons (Fsp3) is 0.391. The molecule has 0 unspecified atom stereocenters. The molecule has 35 heavy (non-hydrogen) atoms. The molecule has 182 valence electrons. The second kappa shape index (κ2) is 8.77. The van der Waals surface area contributed by atoms with E-state index in [1.54, 1.807) is 0 Å². The standard InChI is InChI=1S/C23H24F2N8OS/c1-33-6-2-3-12(33)10-34-23-31-18-14(21(32-23)29-11-7-27-8-11)9-28-17(16(18)25)13-4-5-15(24)20-19(13)30-22(26)35-20/h4-5,9,11-12,27H,2-3,6-8,10H2,1H3,(H2,26,30)(H,29,31,32)/t12-/m0/s1. The number of rotatable bonds is 6. The van der Waals surface area contributed by atoms with E-state index in [1.807, 2.05) is 0 Å². The average Bonchev–Trinajstić information content (AvgIpc) is 3.41. The summed E-state index contributed by atoms with van der Waals surface area (Å²) in [4.78, 5) is 19.8. The third kappa shape index (κ3) is 4.01. The number of nitrogens with zero attached hydrogens (tertiary/aromatic N) is 5. The van der Waals surface area contributed by atoms with E-state index < -0.39 is 11.6 Å². The predicted molar refractivity (Wildman–Crippen MR) is 132 cm³/mol. The van der Waals surface area contributed by atoms with Crippen LogP contribution in [-0.2, 0) is 0 Å². The minimum atomic E-state index is -0.651. The Morgan fingerprint density at radius 2 is 2.09 bits per heavy atom. The number of pyridine rings is 1. The molecular weight excluding hydrogens is 474 g/mol. The molecule has 2 aliphatic heterocycles.